The Labute approximate surface area is 211 Å². The quantitative estimate of drug-likeness (QED) is 0.480. The Morgan fingerprint density at radius 2 is 1.97 bits per heavy atom. The first-order valence-corrected chi connectivity index (χ1v) is 12.3. The number of anilines is 1. The van der Waals surface area contributed by atoms with Crippen molar-refractivity contribution in [2.45, 2.75) is 70.6 Å². The molecule has 3 aliphatic rings. The predicted molar refractivity (Wildman–Crippen MR) is 138 cm³/mol. The van der Waals surface area contributed by atoms with Crippen LogP contribution in [0.3, 0.4) is 0 Å². The Hall–Kier alpha value is -3.68. The lowest BCUT2D eigenvalue weighted by molar-refractivity contribution is -0.141. The number of amides is 2. The fourth-order valence-electron chi connectivity index (χ4n) is 6.25. The van der Waals surface area contributed by atoms with E-state index < -0.39 is 17.0 Å². The summed E-state index contributed by atoms with van der Waals surface area (Å²) in [4.78, 5) is 45.0. The number of benzene rings is 1. The molecule has 2 fully saturated rings. The van der Waals surface area contributed by atoms with Crippen molar-refractivity contribution in [2.75, 3.05) is 5.32 Å². The van der Waals surface area contributed by atoms with E-state index in [1.807, 2.05) is 42.7 Å². The number of aromatic nitrogens is 2. The Morgan fingerprint density at radius 1 is 1.25 bits per heavy atom. The zero-order valence-electron chi connectivity index (χ0n) is 21.5. The molecule has 5 rings (SSSR count). The van der Waals surface area contributed by atoms with Gasteiger partial charge in [-0.3, -0.25) is 14.4 Å². The molecule has 0 saturated carbocycles. The molecule has 8 heteroatoms. The smallest absolute Gasteiger partial charge is 0.272 e. The molecule has 2 aromatic rings. The van der Waals surface area contributed by atoms with Crippen molar-refractivity contribution in [3.63, 3.8) is 0 Å². The first-order valence-electron chi connectivity index (χ1n) is 12.3. The lowest BCUT2D eigenvalue weighted by Crippen LogP contribution is -2.59. The van der Waals surface area contributed by atoms with Gasteiger partial charge < -0.3 is 20.1 Å². The number of para-hydroxylation sites is 1. The molecular formula is C28H33N5O3. The minimum atomic E-state index is -0.591. The van der Waals surface area contributed by atoms with E-state index >= 15 is 0 Å². The molecule has 0 aliphatic carbocycles. The molecule has 8 nitrogen and oxygen atoms in total. The van der Waals surface area contributed by atoms with Crippen molar-refractivity contribution in [1.82, 2.24) is 19.8 Å². The van der Waals surface area contributed by atoms with Gasteiger partial charge in [0.15, 0.2) is 0 Å². The van der Waals surface area contributed by atoms with Crippen LogP contribution in [-0.4, -0.2) is 44.3 Å². The average Bonchev–Trinajstić information content (AvgIpc) is 3.49. The van der Waals surface area contributed by atoms with Gasteiger partial charge in [0.2, 0.25) is 5.91 Å². The first-order chi connectivity index (χ1) is 16.9. The zero-order valence-corrected chi connectivity index (χ0v) is 21.5. The van der Waals surface area contributed by atoms with Crippen molar-refractivity contribution in [3.8, 4) is 0 Å². The number of hydrogen-bond donors (Lipinski definition) is 2. The molecule has 1 aromatic heterocycles. The van der Waals surface area contributed by atoms with Gasteiger partial charge in [0, 0.05) is 29.3 Å². The number of piperazine rings is 1. The number of hydrogen-bond acceptors (Lipinski definition) is 5. The molecule has 36 heavy (non-hydrogen) atoms. The summed E-state index contributed by atoms with van der Waals surface area (Å²) in [5.41, 5.74) is 1.46. The van der Waals surface area contributed by atoms with Crippen molar-refractivity contribution in [3.05, 3.63) is 66.4 Å². The van der Waals surface area contributed by atoms with E-state index in [0.29, 0.717) is 18.5 Å². The molecule has 3 atom stereocenters. The SMILES string of the molecule is C=CC(C)(C)[C@@]12C[C@H]3C(=O)N/C(=C/c4cn(C(C)(C)CC(C)=O)cn4)C(=O)N3[C@@H]1Nc1ccccc12. The lowest BCUT2D eigenvalue weighted by Gasteiger charge is -2.43. The number of allylic oxidation sites excluding steroid dienone is 1. The van der Waals surface area contributed by atoms with E-state index in [1.165, 1.54) is 0 Å². The summed E-state index contributed by atoms with van der Waals surface area (Å²) in [6, 6.07) is 7.48. The third-order valence-corrected chi connectivity index (χ3v) is 8.26. The number of carbonyl (C=O) groups excluding carboxylic acids is 3. The number of rotatable bonds is 6. The van der Waals surface area contributed by atoms with Gasteiger partial charge >= 0.3 is 0 Å². The molecule has 0 bridgehead atoms. The highest BCUT2D eigenvalue weighted by atomic mass is 16.2. The fraction of sp³-hybridized carbons (Fsp3) is 0.429. The van der Waals surface area contributed by atoms with Crippen LogP contribution in [0.15, 0.2) is 55.1 Å². The predicted octanol–water partition coefficient (Wildman–Crippen LogP) is 3.57. The Balaban J connectivity index is 1.52. The van der Waals surface area contributed by atoms with Gasteiger partial charge in [-0.05, 0) is 50.3 Å². The zero-order chi connectivity index (χ0) is 26.0. The second-order valence-electron chi connectivity index (χ2n) is 11.4. The minimum absolute atomic E-state index is 0.0828. The third kappa shape index (κ3) is 3.34. The van der Waals surface area contributed by atoms with Crippen LogP contribution in [0.25, 0.3) is 6.08 Å². The van der Waals surface area contributed by atoms with E-state index in [9.17, 15) is 14.4 Å². The van der Waals surface area contributed by atoms with Crippen molar-refractivity contribution >= 4 is 29.4 Å². The van der Waals surface area contributed by atoms with Crippen LogP contribution < -0.4 is 10.6 Å². The van der Waals surface area contributed by atoms with Gasteiger partial charge in [-0.25, -0.2) is 4.98 Å². The van der Waals surface area contributed by atoms with E-state index in [4.69, 9.17) is 0 Å². The third-order valence-electron chi connectivity index (χ3n) is 8.26. The van der Waals surface area contributed by atoms with Crippen LogP contribution in [0, 0.1) is 5.41 Å². The molecular weight excluding hydrogens is 454 g/mol. The summed E-state index contributed by atoms with van der Waals surface area (Å²) in [5.74, 6) is -0.367. The van der Waals surface area contributed by atoms with Crippen LogP contribution in [-0.2, 0) is 25.3 Å². The number of imidazole rings is 1. The second kappa shape index (κ2) is 7.91. The van der Waals surface area contributed by atoms with Crippen molar-refractivity contribution < 1.29 is 14.4 Å². The fourth-order valence-corrected chi connectivity index (χ4v) is 6.25. The maximum atomic E-state index is 13.9. The van der Waals surface area contributed by atoms with Gasteiger partial charge in [-0.15, -0.1) is 6.58 Å². The molecule has 0 radical (unpaired) electrons. The number of nitrogens with zero attached hydrogens (tertiary/aromatic N) is 3. The van der Waals surface area contributed by atoms with E-state index in [0.717, 1.165) is 11.3 Å². The number of carbonyl (C=O) groups is 3. The summed E-state index contributed by atoms with van der Waals surface area (Å²) in [5, 5.41) is 6.39. The van der Waals surface area contributed by atoms with Gasteiger partial charge in [-0.1, -0.05) is 38.1 Å². The highest BCUT2D eigenvalue weighted by molar-refractivity contribution is 6.08. The maximum Gasteiger partial charge on any atom is 0.272 e. The normalized spacial score (nSPS) is 26.2. The van der Waals surface area contributed by atoms with Crippen LogP contribution in [0.2, 0.25) is 0 Å². The van der Waals surface area contributed by atoms with Gasteiger partial charge in [0.25, 0.3) is 5.91 Å². The first kappa shape index (κ1) is 24.0. The van der Waals surface area contributed by atoms with E-state index in [2.05, 4.69) is 42.1 Å². The number of ketones is 1. The Kier molecular flexibility index (Phi) is 5.28. The summed E-state index contributed by atoms with van der Waals surface area (Å²) in [6.45, 7) is 13.8. The Morgan fingerprint density at radius 3 is 2.67 bits per heavy atom. The Bertz CT molecular complexity index is 1320. The molecule has 2 N–H and O–H groups in total. The van der Waals surface area contributed by atoms with Crippen molar-refractivity contribution in [1.29, 1.82) is 0 Å². The highest BCUT2D eigenvalue weighted by Crippen LogP contribution is 2.60. The van der Waals surface area contributed by atoms with Gasteiger partial charge in [0.05, 0.1) is 12.0 Å². The lowest BCUT2D eigenvalue weighted by atomic mass is 9.60. The second-order valence-corrected chi connectivity index (χ2v) is 11.4. The van der Waals surface area contributed by atoms with Crippen LogP contribution in [0.5, 0.6) is 0 Å². The largest absolute Gasteiger partial charge is 0.364 e. The molecule has 1 aromatic carbocycles. The molecule has 2 saturated heterocycles. The number of fused-ring (bicyclic) bond motifs is 5. The molecule has 4 heterocycles. The maximum absolute atomic E-state index is 13.9. The number of nitrogens with one attached hydrogen (secondary N) is 2. The molecule has 0 unspecified atom stereocenters. The summed E-state index contributed by atoms with van der Waals surface area (Å²) in [6.07, 6.45) is 7.45. The topological polar surface area (TPSA) is 96.3 Å². The standard InChI is InChI=1S/C28H33N5O3/c1-7-26(3,4)28-14-22-23(35)30-21(12-18-15-32(16-29-18)27(5,6)13-17(2)34)24(36)33(22)25(28)31-20-11-9-8-10-19(20)28/h7-12,15-16,22,25,31H,1,13-14H2,2-6H3,(H,30,35)/b21-12+/t22-,25-,28+/m0/s1. The van der Waals surface area contributed by atoms with Crippen LogP contribution >= 0.6 is 0 Å². The van der Waals surface area contributed by atoms with Crippen molar-refractivity contribution in [2.24, 2.45) is 5.41 Å². The molecule has 3 aliphatic heterocycles. The van der Waals surface area contributed by atoms with Gasteiger partial charge in [0.1, 0.15) is 23.7 Å². The highest BCUT2D eigenvalue weighted by Gasteiger charge is 2.66. The average molecular weight is 488 g/mol. The summed E-state index contributed by atoms with van der Waals surface area (Å²) >= 11 is 0. The summed E-state index contributed by atoms with van der Waals surface area (Å²) < 4.78 is 1.86. The molecule has 2 amide bonds. The van der Waals surface area contributed by atoms with Crippen LogP contribution in [0.4, 0.5) is 5.69 Å². The molecule has 188 valence electrons. The van der Waals surface area contributed by atoms with E-state index in [-0.39, 0.29) is 34.9 Å². The van der Waals surface area contributed by atoms with Gasteiger partial charge in [-0.2, -0.15) is 0 Å². The van der Waals surface area contributed by atoms with Crippen LogP contribution in [0.1, 0.15) is 58.7 Å². The monoisotopic (exact) mass is 487 g/mol. The summed E-state index contributed by atoms with van der Waals surface area (Å²) in [7, 11) is 0. The molecule has 0 spiro atoms. The minimum Gasteiger partial charge on any atom is -0.364 e. The van der Waals surface area contributed by atoms with E-state index in [1.54, 1.807) is 30.4 Å². The number of Topliss-reactive ketones (excluding diaryl/α,β-unsaturated/α-hetero) is 1.